The Labute approximate surface area is 143 Å². The highest BCUT2D eigenvalue weighted by Gasteiger charge is 2.22. The minimum absolute atomic E-state index is 0.0772. The molecule has 0 heterocycles. The van der Waals surface area contributed by atoms with Crippen molar-refractivity contribution in [3.05, 3.63) is 12.2 Å². The van der Waals surface area contributed by atoms with Crippen LogP contribution < -0.4 is 0 Å². The number of unbranched alkanes of at least 4 members (excludes halogenated alkanes) is 1. The maximum Gasteiger partial charge on any atom is 0.309 e. The molecule has 0 aromatic rings. The molecule has 0 radical (unpaired) electrons. The van der Waals surface area contributed by atoms with Gasteiger partial charge in [0.25, 0.3) is 0 Å². The van der Waals surface area contributed by atoms with Gasteiger partial charge in [-0.05, 0) is 25.7 Å². The quantitative estimate of drug-likeness (QED) is 0.263. The van der Waals surface area contributed by atoms with Crippen molar-refractivity contribution in [2.45, 2.75) is 57.8 Å². The molecule has 0 aromatic carbocycles. The van der Waals surface area contributed by atoms with Gasteiger partial charge in [0, 0.05) is 0 Å². The zero-order chi connectivity index (χ0) is 17.6. The Balaban J connectivity index is 1.96. The van der Waals surface area contributed by atoms with Crippen LogP contribution in [0.3, 0.4) is 0 Å². The molecule has 0 atom stereocenters. The zero-order valence-electron chi connectivity index (χ0n) is 14.5. The third-order valence-corrected chi connectivity index (χ3v) is 3.95. The first-order valence-corrected chi connectivity index (χ1v) is 8.67. The Bertz CT molecular complexity index is 423. The van der Waals surface area contributed by atoms with Crippen LogP contribution in [0, 0.1) is 5.92 Å². The van der Waals surface area contributed by atoms with E-state index < -0.39 is 0 Å². The summed E-state index contributed by atoms with van der Waals surface area (Å²) in [7, 11) is 1.32. The first-order chi connectivity index (χ1) is 11.6. The number of hydrogen-bond donors (Lipinski definition) is 0. The highest BCUT2D eigenvalue weighted by Crippen LogP contribution is 2.24. The summed E-state index contributed by atoms with van der Waals surface area (Å²) in [5, 5.41) is 0. The van der Waals surface area contributed by atoms with Crippen LogP contribution in [-0.2, 0) is 28.6 Å². The van der Waals surface area contributed by atoms with E-state index in [0.717, 1.165) is 25.7 Å². The van der Waals surface area contributed by atoms with E-state index in [1.165, 1.54) is 13.5 Å². The van der Waals surface area contributed by atoms with Crippen molar-refractivity contribution in [2.24, 2.45) is 5.92 Å². The summed E-state index contributed by atoms with van der Waals surface area (Å²) < 4.78 is 14.8. The van der Waals surface area contributed by atoms with E-state index >= 15 is 0 Å². The first-order valence-electron chi connectivity index (χ1n) is 8.67. The van der Waals surface area contributed by atoms with Crippen molar-refractivity contribution >= 4 is 17.9 Å². The summed E-state index contributed by atoms with van der Waals surface area (Å²) in [6, 6.07) is 0. The molecule has 1 fully saturated rings. The van der Waals surface area contributed by atoms with Crippen LogP contribution in [0.25, 0.3) is 0 Å². The summed E-state index contributed by atoms with van der Waals surface area (Å²) in [6.45, 7) is 0.691. The zero-order valence-corrected chi connectivity index (χ0v) is 14.5. The number of methoxy groups -OCH3 is 1. The Morgan fingerprint density at radius 3 is 2.08 bits per heavy atom. The lowest BCUT2D eigenvalue weighted by Crippen LogP contribution is -2.20. The SMILES string of the molecule is COC(=O)C/C=C/CC(=O)OCCCCOC(=O)C1CCCCC1. The maximum absolute atomic E-state index is 11.8. The van der Waals surface area contributed by atoms with Gasteiger partial charge in [-0.2, -0.15) is 0 Å². The van der Waals surface area contributed by atoms with Crippen LogP contribution in [0.2, 0.25) is 0 Å². The highest BCUT2D eigenvalue weighted by atomic mass is 16.5. The van der Waals surface area contributed by atoms with Crippen molar-refractivity contribution in [3.8, 4) is 0 Å². The Morgan fingerprint density at radius 1 is 0.875 bits per heavy atom. The molecular formula is C18H28O6. The molecule has 0 spiro atoms. The first kappa shape index (κ1) is 20.2. The smallest absolute Gasteiger partial charge is 0.309 e. The van der Waals surface area contributed by atoms with Gasteiger partial charge in [-0.1, -0.05) is 31.4 Å². The topological polar surface area (TPSA) is 78.9 Å². The minimum Gasteiger partial charge on any atom is -0.469 e. The molecule has 136 valence electrons. The van der Waals surface area contributed by atoms with E-state index in [1.807, 2.05) is 0 Å². The molecule has 0 aliphatic heterocycles. The van der Waals surface area contributed by atoms with Crippen molar-refractivity contribution in [3.63, 3.8) is 0 Å². The third kappa shape index (κ3) is 9.33. The van der Waals surface area contributed by atoms with E-state index in [1.54, 1.807) is 12.2 Å². The molecule has 6 nitrogen and oxygen atoms in total. The van der Waals surface area contributed by atoms with Gasteiger partial charge in [0.15, 0.2) is 0 Å². The maximum atomic E-state index is 11.8. The summed E-state index contributed by atoms with van der Waals surface area (Å²) >= 11 is 0. The van der Waals surface area contributed by atoms with Crippen LogP contribution in [-0.4, -0.2) is 38.2 Å². The van der Waals surface area contributed by atoms with Crippen LogP contribution >= 0.6 is 0 Å². The van der Waals surface area contributed by atoms with Gasteiger partial charge < -0.3 is 14.2 Å². The third-order valence-electron chi connectivity index (χ3n) is 3.95. The van der Waals surface area contributed by atoms with E-state index in [-0.39, 0.29) is 36.7 Å². The lowest BCUT2D eigenvalue weighted by atomic mass is 9.89. The molecule has 0 amide bonds. The normalized spacial score (nSPS) is 15.2. The van der Waals surface area contributed by atoms with Crippen molar-refractivity contribution in [2.75, 3.05) is 20.3 Å². The molecule has 1 aliphatic carbocycles. The van der Waals surface area contributed by atoms with E-state index in [2.05, 4.69) is 4.74 Å². The predicted molar refractivity (Wildman–Crippen MR) is 88.1 cm³/mol. The second-order valence-corrected chi connectivity index (χ2v) is 5.89. The lowest BCUT2D eigenvalue weighted by molar-refractivity contribution is -0.150. The molecule has 0 unspecified atom stereocenters. The van der Waals surface area contributed by atoms with Crippen LogP contribution in [0.15, 0.2) is 12.2 Å². The van der Waals surface area contributed by atoms with Gasteiger partial charge in [0.2, 0.25) is 0 Å². The van der Waals surface area contributed by atoms with Crippen molar-refractivity contribution < 1.29 is 28.6 Å². The molecule has 0 saturated heterocycles. The Kier molecular flexibility index (Phi) is 10.6. The fraction of sp³-hybridized carbons (Fsp3) is 0.722. The van der Waals surface area contributed by atoms with Gasteiger partial charge in [-0.3, -0.25) is 14.4 Å². The summed E-state index contributed by atoms with van der Waals surface area (Å²) in [6.07, 6.45) is 10.1. The minimum atomic E-state index is -0.345. The monoisotopic (exact) mass is 340 g/mol. The molecule has 6 heteroatoms. The Hall–Kier alpha value is -1.85. The van der Waals surface area contributed by atoms with Gasteiger partial charge in [0.05, 0.1) is 39.1 Å². The predicted octanol–water partition coefficient (Wildman–Crippen LogP) is 2.94. The molecule has 1 aliphatic rings. The summed E-state index contributed by atoms with van der Waals surface area (Å²) in [5.41, 5.74) is 0. The number of ether oxygens (including phenoxy) is 3. The van der Waals surface area contributed by atoms with Gasteiger partial charge in [0.1, 0.15) is 0 Å². The largest absolute Gasteiger partial charge is 0.469 e. The summed E-state index contributed by atoms with van der Waals surface area (Å²) in [5.74, 6) is -0.687. The highest BCUT2D eigenvalue weighted by molar-refractivity contribution is 5.73. The molecule has 0 bridgehead atoms. The number of hydrogen-bond acceptors (Lipinski definition) is 6. The molecule has 0 aromatic heterocycles. The Morgan fingerprint density at radius 2 is 1.46 bits per heavy atom. The van der Waals surface area contributed by atoms with Crippen molar-refractivity contribution in [1.82, 2.24) is 0 Å². The lowest BCUT2D eigenvalue weighted by Gasteiger charge is -2.19. The second-order valence-electron chi connectivity index (χ2n) is 5.89. The average molecular weight is 340 g/mol. The number of carbonyl (C=O) groups excluding carboxylic acids is 3. The van der Waals surface area contributed by atoms with E-state index in [4.69, 9.17) is 9.47 Å². The van der Waals surface area contributed by atoms with Crippen LogP contribution in [0.5, 0.6) is 0 Å². The fourth-order valence-electron chi connectivity index (χ4n) is 2.52. The average Bonchev–Trinajstić information content (AvgIpc) is 2.61. The molecular weight excluding hydrogens is 312 g/mol. The van der Waals surface area contributed by atoms with Crippen molar-refractivity contribution in [1.29, 1.82) is 0 Å². The van der Waals surface area contributed by atoms with E-state index in [0.29, 0.717) is 26.1 Å². The molecule has 1 rings (SSSR count). The standard InChI is InChI=1S/C18H28O6/c1-22-16(19)11-5-6-12-17(20)23-13-7-8-14-24-18(21)15-9-3-2-4-10-15/h5-6,15H,2-4,7-14H2,1H3/b6-5+. The van der Waals surface area contributed by atoms with Gasteiger partial charge in [-0.15, -0.1) is 0 Å². The van der Waals surface area contributed by atoms with Crippen LogP contribution in [0.1, 0.15) is 57.8 Å². The molecule has 0 N–H and O–H groups in total. The van der Waals surface area contributed by atoms with Crippen LogP contribution in [0.4, 0.5) is 0 Å². The number of esters is 3. The second kappa shape index (κ2) is 12.6. The van der Waals surface area contributed by atoms with E-state index in [9.17, 15) is 14.4 Å². The van der Waals surface area contributed by atoms with Gasteiger partial charge in [-0.25, -0.2) is 0 Å². The fourth-order valence-corrected chi connectivity index (χ4v) is 2.52. The summed E-state index contributed by atoms with van der Waals surface area (Å²) in [4.78, 5) is 34.1. The molecule has 1 saturated carbocycles. The van der Waals surface area contributed by atoms with Gasteiger partial charge >= 0.3 is 17.9 Å². The number of carbonyl (C=O) groups is 3. The number of rotatable bonds is 10. The molecule has 24 heavy (non-hydrogen) atoms.